The summed E-state index contributed by atoms with van der Waals surface area (Å²) < 4.78 is 10.2. The lowest BCUT2D eigenvalue weighted by atomic mass is 10.1. The van der Waals surface area contributed by atoms with Crippen LogP contribution in [0.4, 0.5) is 9.59 Å². The number of carbonyl (C=O) groups is 2. The Bertz CT molecular complexity index is 1200. The first-order valence-electron chi connectivity index (χ1n) is 11.5. The zero-order chi connectivity index (χ0) is 26.3. The van der Waals surface area contributed by atoms with Crippen LogP contribution in [0.2, 0.25) is 0 Å². The minimum atomic E-state index is -0.550. The van der Waals surface area contributed by atoms with Crippen molar-refractivity contribution in [2.24, 2.45) is 11.5 Å². The number of hydrogen-bond acceptors (Lipinski definition) is 7. The molecule has 3 aromatic rings. The van der Waals surface area contributed by atoms with Crippen molar-refractivity contribution in [2.45, 2.75) is 26.2 Å². The van der Waals surface area contributed by atoms with Crippen molar-refractivity contribution >= 4 is 23.5 Å². The maximum Gasteiger partial charge on any atom is 0.408 e. The molecule has 0 aliphatic carbocycles. The molecule has 0 saturated heterocycles. The number of nitrogens with two attached hydrogens (primary N) is 2. The fourth-order valence-corrected chi connectivity index (χ4v) is 3.71. The molecule has 6 N–H and O–H groups in total. The number of ether oxygens (including phenoxy) is 2. The standard InChI is InChI=1S/C28H28N4O4S/c29-15-21-5-9-23(10-6-21)17-31-27(33)35-13-1-3-25-19-37-20-26(25)4-2-14-36-28(34)32-18-24-11-7-22(16-30)8-12-24/h5-12,19-20H,13-18,29-30H2,(H,31,33)(H,32,34). The highest BCUT2D eigenvalue weighted by Gasteiger charge is 2.03. The summed E-state index contributed by atoms with van der Waals surface area (Å²) in [5.41, 5.74) is 16.5. The number of carbonyl (C=O) groups excluding carboxylic acids is 2. The van der Waals surface area contributed by atoms with E-state index in [1.807, 2.05) is 59.3 Å². The Morgan fingerprint density at radius 3 is 1.43 bits per heavy atom. The monoisotopic (exact) mass is 516 g/mol. The van der Waals surface area contributed by atoms with Crippen LogP contribution in [0, 0.1) is 23.7 Å². The molecule has 2 amide bonds. The molecule has 0 aliphatic rings. The molecular weight excluding hydrogens is 488 g/mol. The van der Waals surface area contributed by atoms with Gasteiger partial charge in [0, 0.05) is 36.9 Å². The fourth-order valence-electron chi connectivity index (χ4n) is 2.99. The van der Waals surface area contributed by atoms with Gasteiger partial charge in [0.25, 0.3) is 0 Å². The van der Waals surface area contributed by atoms with Gasteiger partial charge in [0.1, 0.15) is 0 Å². The van der Waals surface area contributed by atoms with Crippen LogP contribution >= 0.6 is 11.3 Å². The average Bonchev–Trinajstić information content (AvgIpc) is 3.38. The topological polar surface area (TPSA) is 129 Å². The van der Waals surface area contributed by atoms with Crippen molar-refractivity contribution in [3.05, 3.63) is 92.7 Å². The van der Waals surface area contributed by atoms with E-state index in [1.54, 1.807) is 0 Å². The number of amides is 2. The lowest BCUT2D eigenvalue weighted by Crippen LogP contribution is -2.23. The summed E-state index contributed by atoms with van der Waals surface area (Å²) in [6.45, 7) is 1.54. The molecule has 1 heterocycles. The van der Waals surface area contributed by atoms with Gasteiger partial charge >= 0.3 is 12.2 Å². The zero-order valence-electron chi connectivity index (χ0n) is 20.2. The molecule has 0 bridgehead atoms. The summed E-state index contributed by atoms with van der Waals surface area (Å²) in [5, 5.41) is 9.06. The second-order valence-corrected chi connectivity index (χ2v) is 8.45. The van der Waals surface area contributed by atoms with Crippen LogP contribution < -0.4 is 22.1 Å². The van der Waals surface area contributed by atoms with Crippen molar-refractivity contribution in [3.8, 4) is 23.7 Å². The van der Waals surface area contributed by atoms with Gasteiger partial charge in [-0.2, -0.15) is 0 Å². The molecule has 9 heteroatoms. The van der Waals surface area contributed by atoms with E-state index in [1.165, 1.54) is 11.3 Å². The van der Waals surface area contributed by atoms with Gasteiger partial charge in [0.2, 0.25) is 0 Å². The van der Waals surface area contributed by atoms with Gasteiger partial charge in [0.05, 0.1) is 11.1 Å². The molecule has 3 rings (SSSR count). The van der Waals surface area contributed by atoms with E-state index in [2.05, 4.69) is 34.3 Å². The third-order valence-corrected chi connectivity index (χ3v) is 5.79. The van der Waals surface area contributed by atoms with Crippen LogP contribution in [-0.2, 0) is 35.7 Å². The zero-order valence-corrected chi connectivity index (χ0v) is 21.0. The van der Waals surface area contributed by atoms with E-state index in [-0.39, 0.29) is 13.2 Å². The molecule has 1 aromatic heterocycles. The third-order valence-electron chi connectivity index (χ3n) is 5.05. The minimum Gasteiger partial charge on any atom is -0.436 e. The Hall–Kier alpha value is -4.28. The van der Waals surface area contributed by atoms with Crippen molar-refractivity contribution in [1.82, 2.24) is 10.6 Å². The van der Waals surface area contributed by atoms with Crippen molar-refractivity contribution < 1.29 is 19.1 Å². The maximum atomic E-state index is 11.9. The molecule has 8 nitrogen and oxygen atoms in total. The van der Waals surface area contributed by atoms with Gasteiger partial charge in [-0.1, -0.05) is 72.2 Å². The summed E-state index contributed by atoms with van der Waals surface area (Å²) in [5.74, 6) is 11.5. The van der Waals surface area contributed by atoms with Crippen LogP contribution in [0.5, 0.6) is 0 Å². The van der Waals surface area contributed by atoms with Gasteiger partial charge in [-0.05, 0) is 22.3 Å². The fraction of sp³-hybridized carbons (Fsp3) is 0.214. The molecule has 0 atom stereocenters. The summed E-state index contributed by atoms with van der Waals surface area (Å²) in [6, 6.07) is 15.3. The molecule has 0 aliphatic heterocycles. The van der Waals surface area contributed by atoms with Crippen LogP contribution in [-0.4, -0.2) is 25.4 Å². The number of rotatable bonds is 8. The molecule has 0 radical (unpaired) electrons. The number of alkyl carbamates (subject to hydrolysis) is 2. The van der Waals surface area contributed by atoms with Gasteiger partial charge in [0.15, 0.2) is 13.2 Å². The van der Waals surface area contributed by atoms with Crippen molar-refractivity contribution in [1.29, 1.82) is 0 Å². The Morgan fingerprint density at radius 2 is 1.05 bits per heavy atom. The molecule has 0 spiro atoms. The molecule has 0 saturated carbocycles. The summed E-state index contributed by atoms with van der Waals surface area (Å²) in [4.78, 5) is 23.7. The Kier molecular flexibility index (Phi) is 11.0. The maximum absolute atomic E-state index is 11.9. The Morgan fingerprint density at radius 1 is 0.676 bits per heavy atom. The highest BCUT2D eigenvalue weighted by atomic mass is 32.1. The molecule has 0 unspecified atom stereocenters. The minimum absolute atomic E-state index is 0.0567. The third kappa shape index (κ3) is 9.71. The smallest absolute Gasteiger partial charge is 0.408 e. The van der Waals surface area contributed by atoms with E-state index >= 15 is 0 Å². The summed E-state index contributed by atoms with van der Waals surface area (Å²) in [6.07, 6.45) is -1.10. The highest BCUT2D eigenvalue weighted by molar-refractivity contribution is 7.08. The predicted molar refractivity (Wildman–Crippen MR) is 143 cm³/mol. The second kappa shape index (κ2) is 15.0. The van der Waals surface area contributed by atoms with E-state index in [0.717, 1.165) is 22.3 Å². The lowest BCUT2D eigenvalue weighted by molar-refractivity contribution is 0.158. The van der Waals surface area contributed by atoms with Gasteiger partial charge in [-0.15, -0.1) is 11.3 Å². The van der Waals surface area contributed by atoms with Gasteiger partial charge in [-0.25, -0.2) is 9.59 Å². The van der Waals surface area contributed by atoms with Crippen LogP contribution in [0.3, 0.4) is 0 Å². The molecule has 37 heavy (non-hydrogen) atoms. The first kappa shape index (κ1) is 27.3. The lowest BCUT2D eigenvalue weighted by Gasteiger charge is -2.05. The molecule has 190 valence electrons. The molecule has 2 aromatic carbocycles. The quantitative estimate of drug-likeness (QED) is 0.340. The van der Waals surface area contributed by atoms with E-state index in [4.69, 9.17) is 20.9 Å². The second-order valence-electron chi connectivity index (χ2n) is 7.70. The SMILES string of the molecule is NCc1ccc(CNC(=O)OCC#Cc2cscc2C#CCOC(=O)NCc2ccc(CN)cc2)cc1. The average molecular weight is 517 g/mol. The first-order chi connectivity index (χ1) is 18.1. The van der Waals surface area contributed by atoms with E-state index < -0.39 is 12.2 Å². The van der Waals surface area contributed by atoms with E-state index in [9.17, 15) is 9.59 Å². The highest BCUT2D eigenvalue weighted by Crippen LogP contribution is 2.12. The predicted octanol–water partition coefficient (Wildman–Crippen LogP) is 3.22. The van der Waals surface area contributed by atoms with Gasteiger partial charge in [-0.3, -0.25) is 0 Å². The molecular formula is C28H28N4O4S. The normalized spacial score (nSPS) is 9.78. The van der Waals surface area contributed by atoms with E-state index in [0.29, 0.717) is 37.3 Å². The summed E-state index contributed by atoms with van der Waals surface area (Å²) >= 11 is 1.45. The first-order valence-corrected chi connectivity index (χ1v) is 12.4. The van der Waals surface area contributed by atoms with Crippen LogP contribution in [0.15, 0.2) is 59.3 Å². The largest absolute Gasteiger partial charge is 0.436 e. The van der Waals surface area contributed by atoms with Crippen molar-refractivity contribution in [2.75, 3.05) is 13.2 Å². The number of nitrogens with one attached hydrogen (secondary N) is 2. The van der Waals surface area contributed by atoms with Gasteiger partial charge < -0.3 is 31.6 Å². The Balaban J connectivity index is 1.36. The van der Waals surface area contributed by atoms with Crippen LogP contribution in [0.1, 0.15) is 33.4 Å². The van der Waals surface area contributed by atoms with Crippen LogP contribution in [0.25, 0.3) is 0 Å². The Labute approximate surface area is 220 Å². The van der Waals surface area contributed by atoms with Crippen molar-refractivity contribution in [3.63, 3.8) is 0 Å². The number of hydrogen-bond donors (Lipinski definition) is 4. The molecule has 0 fully saturated rings. The summed E-state index contributed by atoms with van der Waals surface area (Å²) in [7, 11) is 0. The number of benzene rings is 2. The number of thiophene rings is 1.